The van der Waals surface area contributed by atoms with Crippen LogP contribution < -0.4 is 0 Å². The van der Waals surface area contributed by atoms with Gasteiger partial charge in [0.2, 0.25) is 0 Å². The fraction of sp³-hybridized carbons (Fsp3) is 0.588. The lowest BCUT2D eigenvalue weighted by atomic mass is 10.1. The molecule has 582 valence electrons. The van der Waals surface area contributed by atoms with Crippen molar-refractivity contribution in [2.24, 2.45) is 0 Å². The first kappa shape index (κ1) is 97.4. The molecule has 18 heteroatoms. The summed E-state index contributed by atoms with van der Waals surface area (Å²) < 4.78 is 61.1. The molecule has 0 aliphatic carbocycles. The molecule has 0 spiro atoms. The number of aliphatic hydroxyl groups is 2. The molecule has 103 heavy (non-hydrogen) atoms. The van der Waals surface area contributed by atoms with E-state index in [1.165, 1.54) is 51.4 Å². The Morgan fingerprint density at radius 2 is 0.515 bits per heavy atom. The molecule has 0 aliphatic heterocycles. The number of aliphatic hydroxyl groups excluding tert-OH is 2. The zero-order valence-electron chi connectivity index (χ0n) is 63.4. The Balaban J connectivity index is 4.79. The quantitative estimate of drug-likeness (QED) is 0.0146. The fourth-order valence-corrected chi connectivity index (χ4v) is 11.0. The van der Waals surface area contributed by atoms with Crippen molar-refractivity contribution in [1.82, 2.24) is 0 Å². The van der Waals surface area contributed by atoms with Gasteiger partial charge in [-0.2, -0.15) is 0 Å². The number of hydrogen-bond acceptors (Lipinski definition) is 14. The molecule has 0 aliphatic rings. The summed E-state index contributed by atoms with van der Waals surface area (Å²) >= 11 is 0. The Labute approximate surface area is 623 Å². The lowest BCUT2D eigenvalue weighted by molar-refractivity contribution is -0.161. The van der Waals surface area contributed by atoms with E-state index >= 15 is 0 Å². The SMILES string of the molecule is CC/C=C\C/C=C\C/C=C\C/C=C\C/C=C\C/C=C\CCCCC(=O)OCC(COP(=O)(O)OCC(O)COP(=O)(O)OCC(O)COC(=O)CCCCCCCCCCC/C=C\C/C=C\C/C=C\C/C=C\CCCCC)OC(=O)CCCC/C=C\C/C=C\C/C=C\C/C=C\C/C=C\C/C=C\CC. The average molecular weight is 1480 g/mol. The molecule has 0 bridgehead atoms. The molecule has 5 unspecified atom stereocenters. The molecule has 16 nitrogen and oxygen atoms in total. The van der Waals surface area contributed by atoms with Crippen molar-refractivity contribution >= 4 is 33.6 Å². The number of carbonyl (C=O) groups excluding carboxylic acids is 3. The number of unbranched alkanes of at least 4 members (excludes halogenated alkanes) is 16. The van der Waals surface area contributed by atoms with E-state index in [0.717, 1.165) is 148 Å². The minimum atomic E-state index is -4.97. The Hall–Kier alpha value is -5.61. The Morgan fingerprint density at radius 1 is 0.282 bits per heavy atom. The average Bonchev–Trinajstić information content (AvgIpc) is 0.935. The summed E-state index contributed by atoms with van der Waals surface area (Å²) in [4.78, 5) is 58.7. The van der Waals surface area contributed by atoms with Gasteiger partial charge in [-0.25, -0.2) is 9.13 Å². The van der Waals surface area contributed by atoms with E-state index < -0.39 is 91.5 Å². The first-order chi connectivity index (χ1) is 50.2. The summed E-state index contributed by atoms with van der Waals surface area (Å²) in [6.07, 6.45) is 99.0. The summed E-state index contributed by atoms with van der Waals surface area (Å²) in [6, 6.07) is 0. The number of carbonyl (C=O) groups is 3. The fourth-order valence-electron chi connectivity index (χ4n) is 9.44. The molecule has 0 aromatic carbocycles. The molecule has 0 rings (SSSR count). The molecular formula is C85H136O16P2. The smallest absolute Gasteiger partial charge is 0.463 e. The molecule has 0 heterocycles. The van der Waals surface area contributed by atoms with Crippen LogP contribution in [0.5, 0.6) is 0 Å². The van der Waals surface area contributed by atoms with Crippen LogP contribution in [0.25, 0.3) is 0 Å². The number of allylic oxidation sites excluding steroid dienone is 32. The van der Waals surface area contributed by atoms with E-state index in [9.17, 15) is 43.5 Å². The maximum absolute atomic E-state index is 13.0. The van der Waals surface area contributed by atoms with E-state index in [4.69, 9.17) is 32.3 Å². The monoisotopic (exact) mass is 1470 g/mol. The third kappa shape index (κ3) is 77.3. The second-order valence-electron chi connectivity index (χ2n) is 25.0. The minimum absolute atomic E-state index is 0.0303. The summed E-state index contributed by atoms with van der Waals surface area (Å²) in [5, 5.41) is 20.6. The van der Waals surface area contributed by atoms with E-state index in [0.29, 0.717) is 25.7 Å². The van der Waals surface area contributed by atoms with Crippen LogP contribution in [0.3, 0.4) is 0 Å². The lowest BCUT2D eigenvalue weighted by Gasteiger charge is -2.21. The normalized spacial score (nSPS) is 15.1. The van der Waals surface area contributed by atoms with E-state index in [1.807, 2.05) is 0 Å². The molecule has 0 amide bonds. The molecule has 0 radical (unpaired) electrons. The topological polar surface area (TPSA) is 231 Å². The summed E-state index contributed by atoms with van der Waals surface area (Å²) in [7, 11) is -9.84. The van der Waals surface area contributed by atoms with Gasteiger partial charge in [0.15, 0.2) is 6.10 Å². The van der Waals surface area contributed by atoms with Crippen LogP contribution in [-0.2, 0) is 55.8 Å². The Bertz CT molecular complexity index is 2650. The van der Waals surface area contributed by atoms with Gasteiger partial charge < -0.3 is 34.2 Å². The zero-order valence-corrected chi connectivity index (χ0v) is 65.2. The summed E-state index contributed by atoms with van der Waals surface area (Å²) in [5.74, 6) is -1.70. The molecule has 0 saturated heterocycles. The van der Waals surface area contributed by atoms with E-state index in [1.54, 1.807) is 0 Å². The third-order valence-corrected chi connectivity index (χ3v) is 17.2. The highest BCUT2D eigenvalue weighted by molar-refractivity contribution is 7.47. The van der Waals surface area contributed by atoms with Gasteiger partial charge in [-0.1, -0.05) is 273 Å². The van der Waals surface area contributed by atoms with Crippen LogP contribution in [0.4, 0.5) is 0 Å². The maximum Gasteiger partial charge on any atom is 0.472 e. The van der Waals surface area contributed by atoms with E-state index in [2.05, 4.69) is 215 Å². The predicted molar refractivity (Wildman–Crippen MR) is 426 cm³/mol. The molecule has 0 fully saturated rings. The molecule has 0 saturated carbocycles. The second kappa shape index (κ2) is 76.1. The van der Waals surface area contributed by atoms with Gasteiger partial charge >= 0.3 is 33.6 Å². The van der Waals surface area contributed by atoms with Crippen molar-refractivity contribution in [2.75, 3.05) is 39.6 Å². The molecule has 0 aromatic heterocycles. The predicted octanol–water partition coefficient (Wildman–Crippen LogP) is 22.8. The number of ether oxygens (including phenoxy) is 3. The first-order valence-electron chi connectivity index (χ1n) is 38.7. The van der Waals surface area contributed by atoms with Crippen molar-refractivity contribution in [2.45, 2.75) is 283 Å². The Kier molecular flexibility index (Phi) is 71.9. The van der Waals surface area contributed by atoms with Crippen molar-refractivity contribution in [3.63, 3.8) is 0 Å². The molecular weight excluding hydrogens is 1340 g/mol. The number of esters is 3. The third-order valence-electron chi connectivity index (χ3n) is 15.3. The van der Waals surface area contributed by atoms with Crippen LogP contribution in [0.1, 0.15) is 265 Å². The maximum atomic E-state index is 13.0. The number of phosphoric ester groups is 2. The van der Waals surface area contributed by atoms with Crippen LogP contribution >= 0.6 is 15.6 Å². The van der Waals surface area contributed by atoms with Gasteiger partial charge in [0.25, 0.3) is 0 Å². The molecule has 0 aromatic rings. The minimum Gasteiger partial charge on any atom is -0.463 e. The Morgan fingerprint density at radius 3 is 0.835 bits per heavy atom. The standard InChI is InChI=1S/C85H136O16P2/c1-4-7-10-13-16-19-22-25-28-31-34-37-38-39-40-43-45-47-50-53-56-59-62-65-68-71-83(88)95-74-80(86)75-97-102(91,92)98-76-81(87)77-99-103(93,94)100-79-82(101-85(90)73-70-67-64-61-58-55-52-49-46-42-36-33-30-27-24-21-18-15-12-9-6-3)78-96-84(89)72-69-66-63-60-57-54-51-48-44-41-35-32-29-26-23-20-17-14-11-8-5-2/h8-9,11-12,16-21,25-30,34-37,39-42,48-49,51-52,57-58,60-61,80-82,86-87H,4-7,10,13-15,22-24,31-33,38,43-47,50,53-56,59,62-79H2,1-3H3,(H,91,92)(H,93,94)/b11-8-,12-9-,19-16-,20-17-,21-18-,28-25-,29-26-,30-27-,37-34-,40-39-,41-35-,42-36-,51-48-,52-49-,60-57-,61-58-. The van der Waals surface area contributed by atoms with Gasteiger partial charge in [-0.15, -0.1) is 0 Å². The van der Waals surface area contributed by atoms with Gasteiger partial charge in [-0.3, -0.25) is 32.5 Å². The van der Waals surface area contributed by atoms with Gasteiger partial charge in [0, 0.05) is 19.3 Å². The van der Waals surface area contributed by atoms with Crippen LogP contribution in [-0.4, -0.2) is 95.9 Å². The van der Waals surface area contributed by atoms with Gasteiger partial charge in [0.05, 0.1) is 26.4 Å². The van der Waals surface area contributed by atoms with Crippen LogP contribution in [0.15, 0.2) is 194 Å². The van der Waals surface area contributed by atoms with Gasteiger partial charge in [0.1, 0.15) is 25.4 Å². The summed E-state index contributed by atoms with van der Waals surface area (Å²) in [6.45, 7) is 2.28. The van der Waals surface area contributed by atoms with Crippen LogP contribution in [0.2, 0.25) is 0 Å². The van der Waals surface area contributed by atoms with Crippen LogP contribution in [0, 0.1) is 0 Å². The number of rotatable bonds is 71. The first-order valence-corrected chi connectivity index (χ1v) is 41.7. The molecule has 4 N–H and O–H groups in total. The van der Waals surface area contributed by atoms with Crippen molar-refractivity contribution < 1.29 is 75.8 Å². The second-order valence-corrected chi connectivity index (χ2v) is 27.9. The highest BCUT2D eigenvalue weighted by Gasteiger charge is 2.29. The van der Waals surface area contributed by atoms with Crippen molar-refractivity contribution in [3.8, 4) is 0 Å². The molecule has 5 atom stereocenters. The van der Waals surface area contributed by atoms with Gasteiger partial charge in [-0.05, 0) is 167 Å². The van der Waals surface area contributed by atoms with Crippen molar-refractivity contribution in [3.05, 3.63) is 194 Å². The summed E-state index contributed by atoms with van der Waals surface area (Å²) in [5.41, 5.74) is 0. The van der Waals surface area contributed by atoms with E-state index in [-0.39, 0.29) is 19.3 Å². The zero-order chi connectivity index (χ0) is 75.2. The highest BCUT2D eigenvalue weighted by atomic mass is 31.2. The largest absolute Gasteiger partial charge is 0.472 e. The highest BCUT2D eigenvalue weighted by Crippen LogP contribution is 2.45. The lowest BCUT2D eigenvalue weighted by Crippen LogP contribution is -2.30. The van der Waals surface area contributed by atoms with Crippen molar-refractivity contribution in [1.29, 1.82) is 0 Å². The number of hydrogen-bond donors (Lipinski definition) is 4. The number of phosphoric acid groups is 2.